The van der Waals surface area contributed by atoms with Gasteiger partial charge in [0.1, 0.15) is 0 Å². The standard InChI is InChI=1S/C16H12BrClN2S/c1-10-15(11-6-8-12(17)9-7-11)20-16(21-10)19-14-5-3-2-4-13(14)18/h2-9H,1H3,(H,19,20). The molecule has 0 radical (unpaired) electrons. The Kier molecular flexibility index (Phi) is 4.29. The van der Waals surface area contributed by atoms with Crippen LogP contribution in [0.5, 0.6) is 0 Å². The number of anilines is 2. The van der Waals surface area contributed by atoms with Crippen LogP contribution in [-0.2, 0) is 0 Å². The Hall–Kier alpha value is -1.36. The van der Waals surface area contributed by atoms with Gasteiger partial charge in [0.25, 0.3) is 0 Å². The summed E-state index contributed by atoms with van der Waals surface area (Å²) >= 11 is 11.2. The van der Waals surface area contributed by atoms with Crippen molar-refractivity contribution in [2.75, 3.05) is 5.32 Å². The minimum Gasteiger partial charge on any atom is -0.330 e. The van der Waals surface area contributed by atoms with Crippen molar-refractivity contribution in [3.05, 3.63) is 62.9 Å². The van der Waals surface area contributed by atoms with Crippen LogP contribution >= 0.6 is 38.9 Å². The van der Waals surface area contributed by atoms with Gasteiger partial charge in [0.05, 0.1) is 16.4 Å². The monoisotopic (exact) mass is 378 g/mol. The summed E-state index contributed by atoms with van der Waals surface area (Å²) in [6.45, 7) is 2.08. The largest absolute Gasteiger partial charge is 0.330 e. The fourth-order valence-corrected chi connectivity index (χ4v) is 3.30. The van der Waals surface area contributed by atoms with E-state index < -0.39 is 0 Å². The summed E-state index contributed by atoms with van der Waals surface area (Å²) in [6, 6.07) is 15.8. The van der Waals surface area contributed by atoms with Crippen LogP contribution in [0.1, 0.15) is 4.88 Å². The second kappa shape index (κ2) is 6.18. The van der Waals surface area contributed by atoms with Crippen molar-refractivity contribution in [3.8, 4) is 11.3 Å². The van der Waals surface area contributed by atoms with E-state index in [2.05, 4.69) is 45.3 Å². The molecular formula is C16H12BrClN2S. The number of aryl methyl sites for hydroxylation is 1. The van der Waals surface area contributed by atoms with E-state index in [1.807, 2.05) is 36.4 Å². The number of aromatic nitrogens is 1. The lowest BCUT2D eigenvalue weighted by Gasteiger charge is -2.04. The van der Waals surface area contributed by atoms with Crippen molar-refractivity contribution in [1.82, 2.24) is 4.98 Å². The molecule has 3 rings (SSSR count). The molecule has 0 bridgehead atoms. The summed E-state index contributed by atoms with van der Waals surface area (Å²) in [4.78, 5) is 5.85. The number of nitrogens with one attached hydrogen (secondary N) is 1. The number of nitrogens with zero attached hydrogens (tertiary/aromatic N) is 1. The first-order chi connectivity index (χ1) is 10.1. The summed E-state index contributed by atoms with van der Waals surface area (Å²) < 4.78 is 1.06. The second-order valence-corrected chi connectivity index (χ2v) is 7.06. The number of para-hydroxylation sites is 1. The molecule has 2 nitrogen and oxygen atoms in total. The molecular weight excluding hydrogens is 368 g/mol. The van der Waals surface area contributed by atoms with Crippen LogP contribution in [0, 0.1) is 6.92 Å². The van der Waals surface area contributed by atoms with Gasteiger partial charge in [-0.05, 0) is 31.2 Å². The van der Waals surface area contributed by atoms with Crippen LogP contribution in [0.15, 0.2) is 53.0 Å². The van der Waals surface area contributed by atoms with Crippen LogP contribution in [0.2, 0.25) is 5.02 Å². The van der Waals surface area contributed by atoms with Crippen LogP contribution in [0.3, 0.4) is 0 Å². The number of halogens is 2. The zero-order chi connectivity index (χ0) is 14.8. The molecule has 0 aliphatic carbocycles. The summed E-state index contributed by atoms with van der Waals surface area (Å²) in [5.41, 5.74) is 2.98. The molecule has 1 heterocycles. The highest BCUT2D eigenvalue weighted by Gasteiger charge is 2.10. The molecule has 0 atom stereocenters. The Bertz CT molecular complexity index is 768. The lowest BCUT2D eigenvalue weighted by Crippen LogP contribution is -1.90. The fourth-order valence-electron chi connectivity index (χ4n) is 2.00. The number of hydrogen-bond donors (Lipinski definition) is 1. The number of hydrogen-bond acceptors (Lipinski definition) is 3. The predicted molar refractivity (Wildman–Crippen MR) is 94.7 cm³/mol. The molecule has 0 spiro atoms. The maximum atomic E-state index is 6.16. The number of thiazole rings is 1. The SMILES string of the molecule is Cc1sc(Nc2ccccc2Cl)nc1-c1ccc(Br)cc1. The summed E-state index contributed by atoms with van der Waals surface area (Å²) in [7, 11) is 0. The number of benzene rings is 2. The van der Waals surface area contributed by atoms with Crippen molar-refractivity contribution in [3.63, 3.8) is 0 Å². The van der Waals surface area contributed by atoms with Crippen LogP contribution in [0.25, 0.3) is 11.3 Å². The minimum atomic E-state index is 0.690. The van der Waals surface area contributed by atoms with Gasteiger partial charge in [-0.15, -0.1) is 11.3 Å². The van der Waals surface area contributed by atoms with E-state index in [9.17, 15) is 0 Å². The van der Waals surface area contributed by atoms with E-state index in [0.717, 1.165) is 26.5 Å². The summed E-state index contributed by atoms with van der Waals surface area (Å²) in [5.74, 6) is 0. The molecule has 21 heavy (non-hydrogen) atoms. The first kappa shape index (κ1) is 14.6. The second-order valence-electron chi connectivity index (χ2n) is 4.54. The van der Waals surface area contributed by atoms with E-state index in [4.69, 9.17) is 11.6 Å². The topological polar surface area (TPSA) is 24.9 Å². The highest BCUT2D eigenvalue weighted by Crippen LogP contribution is 2.33. The summed E-state index contributed by atoms with van der Waals surface area (Å²) in [6.07, 6.45) is 0. The third-order valence-corrected chi connectivity index (χ3v) is 4.77. The Morgan fingerprint density at radius 1 is 1.10 bits per heavy atom. The molecule has 0 aliphatic heterocycles. The Morgan fingerprint density at radius 2 is 1.81 bits per heavy atom. The maximum Gasteiger partial charge on any atom is 0.188 e. The molecule has 2 aromatic carbocycles. The van der Waals surface area contributed by atoms with Crippen LogP contribution < -0.4 is 5.32 Å². The molecule has 106 valence electrons. The molecule has 5 heteroatoms. The molecule has 0 saturated carbocycles. The van der Waals surface area contributed by atoms with Crippen molar-refractivity contribution < 1.29 is 0 Å². The molecule has 0 unspecified atom stereocenters. The van der Waals surface area contributed by atoms with Gasteiger partial charge in [-0.25, -0.2) is 4.98 Å². The molecule has 0 aliphatic rings. The fraction of sp³-hybridized carbons (Fsp3) is 0.0625. The van der Waals surface area contributed by atoms with Crippen LogP contribution in [-0.4, -0.2) is 4.98 Å². The van der Waals surface area contributed by atoms with Crippen molar-refractivity contribution >= 4 is 49.7 Å². The predicted octanol–water partition coefficient (Wildman–Crippen LogP) is 6.28. The Morgan fingerprint density at radius 3 is 2.52 bits per heavy atom. The van der Waals surface area contributed by atoms with Crippen molar-refractivity contribution in [2.24, 2.45) is 0 Å². The van der Waals surface area contributed by atoms with Gasteiger partial charge in [-0.1, -0.05) is 51.8 Å². The molecule has 1 aromatic heterocycles. The average Bonchev–Trinajstić information content (AvgIpc) is 2.83. The van der Waals surface area contributed by atoms with E-state index in [0.29, 0.717) is 5.02 Å². The minimum absolute atomic E-state index is 0.690. The van der Waals surface area contributed by atoms with Crippen molar-refractivity contribution in [1.29, 1.82) is 0 Å². The number of rotatable bonds is 3. The highest BCUT2D eigenvalue weighted by atomic mass is 79.9. The van der Waals surface area contributed by atoms with Crippen LogP contribution in [0.4, 0.5) is 10.8 Å². The average molecular weight is 380 g/mol. The zero-order valence-electron chi connectivity index (χ0n) is 11.2. The van der Waals surface area contributed by atoms with Gasteiger partial charge in [0, 0.05) is 14.9 Å². The van der Waals surface area contributed by atoms with Gasteiger partial charge < -0.3 is 5.32 Å². The smallest absolute Gasteiger partial charge is 0.188 e. The summed E-state index contributed by atoms with van der Waals surface area (Å²) in [5, 5.41) is 4.82. The first-order valence-corrected chi connectivity index (χ1v) is 8.37. The van der Waals surface area contributed by atoms with Crippen molar-refractivity contribution in [2.45, 2.75) is 6.92 Å². The zero-order valence-corrected chi connectivity index (χ0v) is 14.4. The van der Waals surface area contributed by atoms with Gasteiger partial charge in [-0.3, -0.25) is 0 Å². The van der Waals surface area contributed by atoms with Gasteiger partial charge in [-0.2, -0.15) is 0 Å². The third-order valence-electron chi connectivity index (χ3n) is 3.03. The first-order valence-electron chi connectivity index (χ1n) is 6.38. The van der Waals surface area contributed by atoms with E-state index in [1.54, 1.807) is 11.3 Å². The van der Waals surface area contributed by atoms with Gasteiger partial charge in [0.15, 0.2) is 5.13 Å². The molecule has 1 N–H and O–H groups in total. The van der Waals surface area contributed by atoms with E-state index >= 15 is 0 Å². The lowest BCUT2D eigenvalue weighted by molar-refractivity contribution is 1.36. The van der Waals surface area contributed by atoms with E-state index in [1.165, 1.54) is 4.88 Å². The quantitative estimate of drug-likeness (QED) is 0.579. The highest BCUT2D eigenvalue weighted by molar-refractivity contribution is 9.10. The Labute approximate surface area is 140 Å². The molecule has 3 aromatic rings. The molecule has 0 amide bonds. The van der Waals surface area contributed by atoms with E-state index in [-0.39, 0.29) is 0 Å². The normalized spacial score (nSPS) is 10.6. The third kappa shape index (κ3) is 3.28. The maximum absolute atomic E-state index is 6.16. The molecule has 0 fully saturated rings. The van der Waals surface area contributed by atoms with Gasteiger partial charge >= 0.3 is 0 Å². The lowest BCUT2D eigenvalue weighted by atomic mass is 10.1. The van der Waals surface area contributed by atoms with Gasteiger partial charge in [0.2, 0.25) is 0 Å². The molecule has 0 saturated heterocycles. The Balaban J connectivity index is 1.91.